The Kier molecular flexibility index (Phi) is 4.37. The number of para-hydroxylation sites is 1. The number of rotatable bonds is 4. The molecule has 0 bridgehead atoms. The number of halogens is 2. The molecule has 0 aliphatic carbocycles. The van der Waals surface area contributed by atoms with Crippen molar-refractivity contribution < 1.29 is 23.0 Å². The van der Waals surface area contributed by atoms with E-state index in [0.717, 1.165) is 0 Å². The minimum atomic E-state index is -2.87. The third kappa shape index (κ3) is 3.17. The Morgan fingerprint density at radius 3 is 2.46 bits per heavy atom. The Balaban J connectivity index is 2.07. The molecule has 0 N–H and O–H groups in total. The molecule has 0 fully saturated rings. The molecule has 0 aliphatic heterocycles. The van der Waals surface area contributed by atoms with E-state index in [-0.39, 0.29) is 5.75 Å². The van der Waals surface area contributed by atoms with Crippen LogP contribution in [0.15, 0.2) is 54.6 Å². The molecule has 4 nitrogen and oxygen atoms in total. The van der Waals surface area contributed by atoms with Crippen molar-refractivity contribution >= 4 is 16.9 Å². The van der Waals surface area contributed by atoms with Crippen molar-refractivity contribution in [3.05, 3.63) is 60.2 Å². The van der Waals surface area contributed by atoms with Crippen LogP contribution in [0.1, 0.15) is 10.4 Å². The molecule has 0 unspecified atom stereocenters. The zero-order chi connectivity index (χ0) is 17.1. The number of benzene rings is 2. The normalized spacial score (nSPS) is 10.8. The van der Waals surface area contributed by atoms with Crippen LogP contribution in [0.2, 0.25) is 0 Å². The SMILES string of the molecule is COC(=O)c1cc(-c2ccc(OC(F)F)cc2)nc2ccccc12. The number of hydrogen-bond acceptors (Lipinski definition) is 4. The van der Waals surface area contributed by atoms with Gasteiger partial charge < -0.3 is 9.47 Å². The Bertz CT molecular complexity index is 879. The van der Waals surface area contributed by atoms with Crippen molar-refractivity contribution in [2.75, 3.05) is 7.11 Å². The lowest BCUT2D eigenvalue weighted by Gasteiger charge is -2.09. The number of nitrogens with zero attached hydrogens (tertiary/aromatic N) is 1. The highest BCUT2D eigenvalue weighted by atomic mass is 19.3. The molecule has 3 rings (SSSR count). The number of aromatic nitrogens is 1. The number of carbonyl (C=O) groups is 1. The third-order valence-electron chi connectivity index (χ3n) is 3.50. The number of pyridine rings is 1. The van der Waals surface area contributed by atoms with Gasteiger partial charge in [-0.2, -0.15) is 8.78 Å². The monoisotopic (exact) mass is 329 g/mol. The molecule has 0 saturated carbocycles. The van der Waals surface area contributed by atoms with Crippen molar-refractivity contribution in [1.29, 1.82) is 0 Å². The summed E-state index contributed by atoms with van der Waals surface area (Å²) in [6, 6.07) is 14.9. The van der Waals surface area contributed by atoms with Crippen LogP contribution >= 0.6 is 0 Å². The zero-order valence-electron chi connectivity index (χ0n) is 12.7. The second-order valence-corrected chi connectivity index (χ2v) is 4.97. The maximum absolute atomic E-state index is 12.2. The van der Waals surface area contributed by atoms with Gasteiger partial charge in [0.25, 0.3) is 0 Å². The Labute approximate surface area is 136 Å². The van der Waals surface area contributed by atoms with Gasteiger partial charge in [-0.25, -0.2) is 9.78 Å². The number of fused-ring (bicyclic) bond motifs is 1. The molecule has 24 heavy (non-hydrogen) atoms. The summed E-state index contributed by atoms with van der Waals surface area (Å²) in [5.74, 6) is -0.407. The van der Waals surface area contributed by atoms with Crippen LogP contribution < -0.4 is 4.74 Å². The number of methoxy groups -OCH3 is 1. The van der Waals surface area contributed by atoms with Crippen LogP contribution in [0.4, 0.5) is 8.78 Å². The molecule has 3 aromatic rings. The molecule has 6 heteroatoms. The van der Waals surface area contributed by atoms with E-state index < -0.39 is 12.6 Å². The molecular weight excluding hydrogens is 316 g/mol. The first-order chi connectivity index (χ1) is 11.6. The van der Waals surface area contributed by atoms with Crippen LogP contribution in [0.5, 0.6) is 5.75 Å². The minimum Gasteiger partial charge on any atom is -0.465 e. The molecule has 0 amide bonds. The van der Waals surface area contributed by atoms with Crippen molar-refractivity contribution in [2.24, 2.45) is 0 Å². The first-order valence-electron chi connectivity index (χ1n) is 7.12. The second-order valence-electron chi connectivity index (χ2n) is 4.97. The number of esters is 1. The summed E-state index contributed by atoms with van der Waals surface area (Å²) in [5, 5.41) is 0.686. The van der Waals surface area contributed by atoms with E-state index in [1.54, 1.807) is 30.3 Å². The van der Waals surface area contributed by atoms with Crippen molar-refractivity contribution in [2.45, 2.75) is 6.61 Å². The average Bonchev–Trinajstić information content (AvgIpc) is 2.60. The number of hydrogen-bond donors (Lipinski definition) is 0. The highest BCUT2D eigenvalue weighted by Crippen LogP contribution is 2.27. The number of ether oxygens (including phenoxy) is 2. The van der Waals surface area contributed by atoms with Crippen molar-refractivity contribution in [3.63, 3.8) is 0 Å². The molecule has 0 aliphatic rings. The largest absolute Gasteiger partial charge is 0.465 e. The molecule has 0 saturated heterocycles. The van der Waals surface area contributed by atoms with Crippen molar-refractivity contribution in [3.8, 4) is 17.0 Å². The molecule has 0 radical (unpaired) electrons. The fraction of sp³-hybridized carbons (Fsp3) is 0.111. The van der Waals surface area contributed by atoms with E-state index in [9.17, 15) is 13.6 Å². The van der Waals surface area contributed by atoms with Gasteiger partial charge in [0.2, 0.25) is 0 Å². The Morgan fingerprint density at radius 1 is 1.08 bits per heavy atom. The van der Waals surface area contributed by atoms with Gasteiger partial charge in [0.15, 0.2) is 0 Å². The smallest absolute Gasteiger partial charge is 0.387 e. The van der Waals surface area contributed by atoms with Gasteiger partial charge in [-0.1, -0.05) is 18.2 Å². The summed E-state index contributed by atoms with van der Waals surface area (Å²) in [4.78, 5) is 16.5. The number of carbonyl (C=O) groups excluding carboxylic acids is 1. The average molecular weight is 329 g/mol. The summed E-state index contributed by atoms with van der Waals surface area (Å²) in [7, 11) is 1.31. The van der Waals surface area contributed by atoms with Gasteiger partial charge in [-0.3, -0.25) is 0 Å². The first-order valence-corrected chi connectivity index (χ1v) is 7.12. The maximum Gasteiger partial charge on any atom is 0.387 e. The van der Waals surface area contributed by atoms with Gasteiger partial charge in [0.1, 0.15) is 5.75 Å². The predicted molar refractivity (Wildman–Crippen MR) is 85.2 cm³/mol. The lowest BCUT2D eigenvalue weighted by atomic mass is 10.0. The third-order valence-corrected chi connectivity index (χ3v) is 3.50. The highest BCUT2D eigenvalue weighted by Gasteiger charge is 2.14. The van der Waals surface area contributed by atoms with Gasteiger partial charge in [-0.05, 0) is 36.4 Å². The summed E-state index contributed by atoms with van der Waals surface area (Å²) in [5.41, 5.74) is 2.25. The van der Waals surface area contributed by atoms with Crippen LogP contribution in [0.3, 0.4) is 0 Å². The van der Waals surface area contributed by atoms with Gasteiger partial charge in [0, 0.05) is 10.9 Å². The highest BCUT2D eigenvalue weighted by molar-refractivity contribution is 6.04. The van der Waals surface area contributed by atoms with E-state index in [4.69, 9.17) is 4.74 Å². The maximum atomic E-state index is 12.2. The fourth-order valence-electron chi connectivity index (χ4n) is 2.41. The van der Waals surface area contributed by atoms with Gasteiger partial charge in [-0.15, -0.1) is 0 Å². The quantitative estimate of drug-likeness (QED) is 0.670. The molecular formula is C18H13F2NO3. The molecule has 1 aromatic heterocycles. The lowest BCUT2D eigenvalue weighted by Crippen LogP contribution is -2.04. The van der Waals surface area contributed by atoms with E-state index in [2.05, 4.69) is 9.72 Å². The molecule has 2 aromatic carbocycles. The standard InChI is InChI=1S/C18H13F2NO3/c1-23-17(22)14-10-16(21-15-5-3-2-4-13(14)15)11-6-8-12(9-7-11)24-18(19)20/h2-10,18H,1H3. The molecule has 0 atom stereocenters. The van der Waals surface area contributed by atoms with E-state index in [1.807, 2.05) is 12.1 Å². The topological polar surface area (TPSA) is 48.4 Å². The fourth-order valence-corrected chi connectivity index (χ4v) is 2.41. The first kappa shape index (κ1) is 15.9. The van der Waals surface area contributed by atoms with Crippen LogP contribution in [-0.4, -0.2) is 24.7 Å². The van der Waals surface area contributed by atoms with Crippen molar-refractivity contribution in [1.82, 2.24) is 4.98 Å². The van der Waals surface area contributed by atoms with E-state index >= 15 is 0 Å². The van der Waals surface area contributed by atoms with Crippen LogP contribution in [0, 0.1) is 0 Å². The second kappa shape index (κ2) is 6.62. The summed E-state index contributed by atoms with van der Waals surface area (Å²) < 4.78 is 33.6. The predicted octanol–water partition coefficient (Wildman–Crippen LogP) is 4.29. The Morgan fingerprint density at radius 2 is 1.79 bits per heavy atom. The van der Waals surface area contributed by atoms with Crippen LogP contribution in [0.25, 0.3) is 22.2 Å². The summed E-state index contributed by atoms with van der Waals surface area (Å²) in [6.45, 7) is -2.87. The van der Waals surface area contributed by atoms with E-state index in [1.165, 1.54) is 19.2 Å². The minimum absolute atomic E-state index is 0.0581. The van der Waals surface area contributed by atoms with Gasteiger partial charge in [0.05, 0.1) is 23.9 Å². The lowest BCUT2D eigenvalue weighted by molar-refractivity contribution is -0.0498. The zero-order valence-corrected chi connectivity index (χ0v) is 12.7. The van der Waals surface area contributed by atoms with Gasteiger partial charge >= 0.3 is 12.6 Å². The Hall–Kier alpha value is -3.02. The summed E-state index contributed by atoms with van der Waals surface area (Å²) in [6.07, 6.45) is 0. The summed E-state index contributed by atoms with van der Waals surface area (Å²) >= 11 is 0. The molecule has 122 valence electrons. The van der Waals surface area contributed by atoms with Crippen LogP contribution in [-0.2, 0) is 4.74 Å². The van der Waals surface area contributed by atoms with E-state index in [0.29, 0.717) is 27.7 Å². The number of alkyl halides is 2. The molecule has 1 heterocycles. The molecule has 0 spiro atoms.